The Morgan fingerprint density at radius 3 is 1.69 bits per heavy atom. The molecular formula is C58H41N3S. The first-order chi connectivity index (χ1) is 30.7. The van der Waals surface area contributed by atoms with Gasteiger partial charge in [0.15, 0.2) is 5.82 Å². The molecule has 0 aliphatic heterocycles. The molecule has 2 aromatic heterocycles. The molecule has 294 valence electrons. The molecule has 0 radical (unpaired) electrons. The minimum absolute atomic E-state index is 0.709. The molecule has 8 aromatic carbocycles. The summed E-state index contributed by atoms with van der Waals surface area (Å²) < 4.78 is 2.52. The van der Waals surface area contributed by atoms with Crippen LogP contribution in [-0.4, -0.2) is 9.97 Å². The summed E-state index contributed by atoms with van der Waals surface area (Å²) in [5.41, 5.74) is 15.7. The van der Waals surface area contributed by atoms with Crippen molar-refractivity contribution in [2.75, 3.05) is 4.90 Å². The second-order valence-electron chi connectivity index (χ2n) is 15.7. The molecule has 1 aliphatic carbocycles. The van der Waals surface area contributed by atoms with E-state index in [-0.39, 0.29) is 0 Å². The van der Waals surface area contributed by atoms with Crippen LogP contribution in [0.3, 0.4) is 0 Å². The van der Waals surface area contributed by atoms with E-state index in [0.717, 1.165) is 63.5 Å². The lowest BCUT2D eigenvalue weighted by Crippen LogP contribution is -2.10. The van der Waals surface area contributed by atoms with E-state index in [1.165, 1.54) is 48.0 Å². The van der Waals surface area contributed by atoms with E-state index < -0.39 is 0 Å². The highest BCUT2D eigenvalue weighted by atomic mass is 32.1. The molecule has 10 aromatic rings. The number of rotatable bonds is 9. The maximum absolute atomic E-state index is 5.08. The zero-order valence-corrected chi connectivity index (χ0v) is 34.8. The molecule has 0 spiro atoms. The van der Waals surface area contributed by atoms with Gasteiger partial charge in [-0.3, -0.25) is 0 Å². The molecule has 4 heteroatoms. The van der Waals surface area contributed by atoms with Crippen LogP contribution < -0.4 is 4.90 Å². The molecule has 0 N–H and O–H groups in total. The standard InChI is InChI=1S/C58H41N3S/c1-5-15-40(16-6-1)42-31-33-48(34-32-42)61(49-24-13-23-47(37-49)41-17-7-2-8-18-41)50-35-36-52-56(38-50)62-55-26-14-25-51(57(52)55)43-27-29-46(30-28-43)58-59-53(44-19-9-3-10-20-44)39-54(60-58)45-21-11-4-12-22-45/h1-5,7-15,17-39H,6,16H2. The van der Waals surface area contributed by atoms with Crippen molar-refractivity contribution in [2.45, 2.75) is 12.8 Å². The normalized spacial score (nSPS) is 12.4. The fraction of sp³-hybridized carbons (Fsp3) is 0.0345. The molecule has 62 heavy (non-hydrogen) atoms. The second kappa shape index (κ2) is 16.4. The second-order valence-corrected chi connectivity index (χ2v) is 16.8. The van der Waals surface area contributed by atoms with Crippen molar-refractivity contribution >= 4 is 54.1 Å². The van der Waals surface area contributed by atoms with Gasteiger partial charge in [-0.15, -0.1) is 11.3 Å². The smallest absolute Gasteiger partial charge is 0.160 e. The Kier molecular flexibility index (Phi) is 9.89. The van der Waals surface area contributed by atoms with Gasteiger partial charge < -0.3 is 4.90 Å². The highest BCUT2D eigenvalue weighted by Crippen LogP contribution is 2.44. The third-order valence-corrected chi connectivity index (χ3v) is 12.9. The van der Waals surface area contributed by atoms with Crippen LogP contribution in [-0.2, 0) is 0 Å². The maximum Gasteiger partial charge on any atom is 0.160 e. The number of thiophene rings is 1. The largest absolute Gasteiger partial charge is 0.310 e. The molecule has 3 nitrogen and oxygen atoms in total. The molecule has 0 atom stereocenters. The van der Waals surface area contributed by atoms with Crippen molar-refractivity contribution in [3.8, 4) is 56.2 Å². The van der Waals surface area contributed by atoms with E-state index in [2.05, 4.69) is 217 Å². The highest BCUT2D eigenvalue weighted by Gasteiger charge is 2.18. The fourth-order valence-electron chi connectivity index (χ4n) is 8.65. The van der Waals surface area contributed by atoms with Gasteiger partial charge >= 0.3 is 0 Å². The zero-order chi connectivity index (χ0) is 41.2. The highest BCUT2D eigenvalue weighted by molar-refractivity contribution is 7.26. The average molecular weight is 812 g/mol. The average Bonchev–Trinajstić information content (AvgIpc) is 3.74. The number of allylic oxidation sites excluding steroid dienone is 4. The third kappa shape index (κ3) is 7.31. The van der Waals surface area contributed by atoms with Crippen LogP contribution in [0, 0.1) is 0 Å². The number of hydrogen-bond donors (Lipinski definition) is 0. The number of hydrogen-bond acceptors (Lipinski definition) is 4. The molecule has 0 amide bonds. The fourth-order valence-corrected chi connectivity index (χ4v) is 9.82. The van der Waals surface area contributed by atoms with E-state index in [4.69, 9.17) is 9.97 Å². The molecular weight excluding hydrogens is 771 g/mol. The molecule has 0 saturated heterocycles. The van der Waals surface area contributed by atoms with Gasteiger partial charge in [0.1, 0.15) is 0 Å². The predicted octanol–water partition coefficient (Wildman–Crippen LogP) is 16.4. The Morgan fingerprint density at radius 1 is 0.419 bits per heavy atom. The molecule has 11 rings (SSSR count). The summed E-state index contributed by atoms with van der Waals surface area (Å²) >= 11 is 1.85. The Morgan fingerprint density at radius 2 is 1.02 bits per heavy atom. The van der Waals surface area contributed by atoms with Crippen molar-refractivity contribution in [3.63, 3.8) is 0 Å². The predicted molar refractivity (Wildman–Crippen MR) is 263 cm³/mol. The van der Waals surface area contributed by atoms with Gasteiger partial charge in [0.2, 0.25) is 0 Å². The molecule has 0 saturated carbocycles. The molecule has 0 unspecified atom stereocenters. The molecule has 1 aliphatic rings. The lowest BCUT2D eigenvalue weighted by Gasteiger charge is -2.26. The van der Waals surface area contributed by atoms with Gasteiger partial charge in [0, 0.05) is 53.9 Å². The topological polar surface area (TPSA) is 29.0 Å². The van der Waals surface area contributed by atoms with E-state index in [1.807, 2.05) is 23.5 Å². The molecule has 2 heterocycles. The van der Waals surface area contributed by atoms with Gasteiger partial charge in [-0.1, -0.05) is 176 Å². The van der Waals surface area contributed by atoms with Crippen LogP contribution in [0.15, 0.2) is 224 Å². The van der Waals surface area contributed by atoms with Crippen LogP contribution in [0.5, 0.6) is 0 Å². The lowest BCUT2D eigenvalue weighted by molar-refractivity contribution is 1.05. The maximum atomic E-state index is 5.08. The van der Waals surface area contributed by atoms with E-state index in [0.29, 0.717) is 5.82 Å². The van der Waals surface area contributed by atoms with Crippen LogP contribution in [0.25, 0.3) is 81.9 Å². The first-order valence-electron chi connectivity index (χ1n) is 21.2. The summed E-state index contributed by atoms with van der Waals surface area (Å²) in [7, 11) is 0. The quantitative estimate of drug-likeness (QED) is 0.145. The summed E-state index contributed by atoms with van der Waals surface area (Å²) in [6.45, 7) is 0. The van der Waals surface area contributed by atoms with Crippen LogP contribution >= 0.6 is 11.3 Å². The van der Waals surface area contributed by atoms with Crippen LogP contribution in [0.4, 0.5) is 17.1 Å². The Balaban J connectivity index is 0.975. The SMILES string of the molecule is C1=CCCC(c2ccc(N(c3cccc(-c4ccccc4)c3)c3ccc4c(c3)sc3cccc(-c5ccc(-c6nc(-c7ccccc7)cc(-c7ccccc7)n6)cc5)c34)cc2)=C1. The van der Waals surface area contributed by atoms with Crippen molar-refractivity contribution in [1.82, 2.24) is 9.97 Å². The van der Waals surface area contributed by atoms with Gasteiger partial charge in [0.05, 0.1) is 11.4 Å². The minimum atomic E-state index is 0.709. The Hall–Kier alpha value is -7.66. The van der Waals surface area contributed by atoms with E-state index in [1.54, 1.807) is 0 Å². The molecule has 0 bridgehead atoms. The first-order valence-corrected chi connectivity index (χ1v) is 22.0. The van der Waals surface area contributed by atoms with Crippen molar-refractivity contribution in [1.29, 1.82) is 0 Å². The zero-order valence-electron chi connectivity index (χ0n) is 34.0. The van der Waals surface area contributed by atoms with Crippen molar-refractivity contribution < 1.29 is 0 Å². The first kappa shape index (κ1) is 37.3. The Labute approximate surface area is 366 Å². The Bertz CT molecular complexity index is 3200. The summed E-state index contributed by atoms with van der Waals surface area (Å²) in [5, 5.41) is 2.53. The van der Waals surface area contributed by atoms with Crippen LogP contribution in [0.2, 0.25) is 0 Å². The summed E-state index contributed by atoms with van der Waals surface area (Å²) in [4.78, 5) is 12.6. The van der Waals surface area contributed by atoms with Gasteiger partial charge in [-0.2, -0.15) is 0 Å². The third-order valence-electron chi connectivity index (χ3n) is 11.8. The summed E-state index contributed by atoms with van der Waals surface area (Å²) in [5.74, 6) is 0.709. The van der Waals surface area contributed by atoms with E-state index in [9.17, 15) is 0 Å². The monoisotopic (exact) mass is 811 g/mol. The number of aromatic nitrogens is 2. The van der Waals surface area contributed by atoms with Crippen LogP contribution in [0.1, 0.15) is 18.4 Å². The molecule has 0 fully saturated rings. The number of benzene rings is 8. The van der Waals surface area contributed by atoms with Gasteiger partial charge in [-0.05, 0) is 94.8 Å². The van der Waals surface area contributed by atoms with Crippen molar-refractivity contribution in [2.24, 2.45) is 0 Å². The number of nitrogens with zero attached hydrogens (tertiary/aromatic N) is 3. The van der Waals surface area contributed by atoms with Crippen molar-refractivity contribution in [3.05, 3.63) is 230 Å². The summed E-state index contributed by atoms with van der Waals surface area (Å²) in [6, 6.07) is 73.8. The van der Waals surface area contributed by atoms with Gasteiger partial charge in [0.25, 0.3) is 0 Å². The summed E-state index contributed by atoms with van der Waals surface area (Å²) in [6.07, 6.45) is 8.82. The minimum Gasteiger partial charge on any atom is -0.310 e. The number of fused-ring (bicyclic) bond motifs is 3. The lowest BCUT2D eigenvalue weighted by atomic mass is 9.97. The van der Waals surface area contributed by atoms with Gasteiger partial charge in [-0.25, -0.2) is 9.97 Å². The van der Waals surface area contributed by atoms with E-state index >= 15 is 0 Å². The number of anilines is 3.